The molecule has 2 unspecified atom stereocenters. The molecule has 0 aliphatic carbocycles. The first-order chi connectivity index (χ1) is 10.1. The van der Waals surface area contributed by atoms with Gasteiger partial charge in [-0.15, -0.1) is 0 Å². The number of rotatable bonds is 5. The molecule has 21 heavy (non-hydrogen) atoms. The minimum Gasteiger partial charge on any atom is -0.464 e. The highest BCUT2D eigenvalue weighted by Gasteiger charge is 2.25. The summed E-state index contributed by atoms with van der Waals surface area (Å²) < 4.78 is 10.9. The van der Waals surface area contributed by atoms with E-state index in [-0.39, 0.29) is 12.1 Å². The summed E-state index contributed by atoms with van der Waals surface area (Å²) in [5, 5.41) is 12.6. The lowest BCUT2D eigenvalue weighted by molar-refractivity contribution is 0.0803. The van der Waals surface area contributed by atoms with Crippen molar-refractivity contribution >= 4 is 6.03 Å². The molecule has 0 aromatic carbocycles. The molecule has 1 aromatic heterocycles. The van der Waals surface area contributed by atoms with E-state index in [0.29, 0.717) is 25.5 Å². The second-order valence-electron chi connectivity index (χ2n) is 5.36. The number of aliphatic hydroxyl groups is 1. The van der Waals surface area contributed by atoms with Crippen molar-refractivity contribution < 1.29 is 19.1 Å². The Labute approximate surface area is 125 Å². The number of nitrogens with zero attached hydrogens (tertiary/aromatic N) is 1. The van der Waals surface area contributed by atoms with Gasteiger partial charge >= 0.3 is 6.03 Å². The maximum Gasteiger partial charge on any atom is 0.318 e. The van der Waals surface area contributed by atoms with Gasteiger partial charge in [0.05, 0.1) is 12.7 Å². The van der Waals surface area contributed by atoms with Gasteiger partial charge in [0.15, 0.2) is 0 Å². The zero-order valence-corrected chi connectivity index (χ0v) is 12.7. The number of aliphatic hydroxyl groups excluding tert-OH is 1. The van der Waals surface area contributed by atoms with E-state index in [9.17, 15) is 9.90 Å². The third-order valence-corrected chi connectivity index (χ3v) is 3.69. The Bertz CT molecular complexity index is 460. The van der Waals surface area contributed by atoms with Crippen molar-refractivity contribution in [3.05, 3.63) is 23.7 Å². The molecule has 2 rings (SSSR count). The predicted molar refractivity (Wildman–Crippen MR) is 78.0 cm³/mol. The molecule has 2 amide bonds. The number of β-amino-alcohol motifs (C(OH)–C–C–N with tert-alkyl or cyclic N) is 1. The van der Waals surface area contributed by atoms with Crippen LogP contribution in [0.1, 0.15) is 37.3 Å². The molecule has 6 nitrogen and oxygen atoms in total. The van der Waals surface area contributed by atoms with Crippen molar-refractivity contribution in [1.29, 1.82) is 0 Å². The smallest absolute Gasteiger partial charge is 0.318 e. The Morgan fingerprint density at radius 1 is 1.62 bits per heavy atom. The second kappa shape index (κ2) is 7.47. The number of carbonyl (C=O) groups is 1. The summed E-state index contributed by atoms with van der Waals surface area (Å²) in [6.45, 7) is 3.41. The average molecular weight is 296 g/mol. The van der Waals surface area contributed by atoms with Crippen molar-refractivity contribution in [3.63, 3.8) is 0 Å². The van der Waals surface area contributed by atoms with Crippen LogP contribution >= 0.6 is 0 Å². The molecular weight excluding hydrogens is 272 g/mol. The summed E-state index contributed by atoms with van der Waals surface area (Å²) in [7, 11) is 1.59. The van der Waals surface area contributed by atoms with E-state index in [0.717, 1.165) is 25.0 Å². The van der Waals surface area contributed by atoms with Gasteiger partial charge in [-0.3, -0.25) is 0 Å². The molecule has 6 heteroatoms. The van der Waals surface area contributed by atoms with Crippen LogP contribution in [0.5, 0.6) is 0 Å². The first kappa shape index (κ1) is 15.9. The van der Waals surface area contributed by atoms with E-state index in [2.05, 4.69) is 5.32 Å². The highest BCUT2D eigenvalue weighted by molar-refractivity contribution is 5.74. The summed E-state index contributed by atoms with van der Waals surface area (Å²) in [4.78, 5) is 13.9. The molecule has 0 bridgehead atoms. The average Bonchev–Trinajstić information content (AvgIpc) is 2.95. The summed E-state index contributed by atoms with van der Waals surface area (Å²) >= 11 is 0. The Balaban J connectivity index is 1.99. The number of hydrogen-bond donors (Lipinski definition) is 2. The molecule has 1 aromatic rings. The van der Waals surface area contributed by atoms with Gasteiger partial charge in [0.25, 0.3) is 0 Å². The van der Waals surface area contributed by atoms with Crippen LogP contribution in [-0.2, 0) is 11.2 Å². The zero-order chi connectivity index (χ0) is 15.2. The number of amides is 2. The lowest BCUT2D eigenvalue weighted by Crippen LogP contribution is -2.48. The lowest BCUT2D eigenvalue weighted by Gasteiger charge is -2.31. The molecule has 2 atom stereocenters. The number of piperidine rings is 1. The van der Waals surface area contributed by atoms with Gasteiger partial charge in [-0.25, -0.2) is 4.79 Å². The number of likely N-dealkylation sites (tertiary alicyclic amines) is 1. The number of aryl methyl sites for hydroxylation is 1. The maximum atomic E-state index is 12.3. The summed E-state index contributed by atoms with van der Waals surface area (Å²) in [6.07, 6.45) is 1.96. The SMILES string of the molecule is CCc1ccc(C(COC)NC(=O)N2CCCC(O)C2)o1. The number of ether oxygens (including phenoxy) is 1. The topological polar surface area (TPSA) is 74.9 Å². The standard InChI is InChI=1S/C15H24N2O4/c1-3-12-6-7-14(21-12)13(10-20-2)16-15(19)17-8-4-5-11(18)9-17/h6-7,11,13,18H,3-5,8-10H2,1-2H3,(H,16,19). The van der Waals surface area contributed by atoms with Crippen molar-refractivity contribution in [3.8, 4) is 0 Å². The Morgan fingerprint density at radius 3 is 3.05 bits per heavy atom. The van der Waals surface area contributed by atoms with Gasteiger partial charge in [0.1, 0.15) is 17.6 Å². The van der Waals surface area contributed by atoms with Gasteiger partial charge < -0.3 is 24.5 Å². The first-order valence-electron chi connectivity index (χ1n) is 7.45. The predicted octanol–water partition coefficient (Wildman–Crippen LogP) is 1.70. The Morgan fingerprint density at radius 2 is 2.43 bits per heavy atom. The van der Waals surface area contributed by atoms with Crippen LogP contribution in [0, 0.1) is 0 Å². The van der Waals surface area contributed by atoms with Crippen molar-refractivity contribution in [2.45, 2.75) is 38.3 Å². The molecule has 2 N–H and O–H groups in total. The van der Waals surface area contributed by atoms with Gasteiger partial charge in [-0.2, -0.15) is 0 Å². The van der Waals surface area contributed by atoms with E-state index in [1.807, 2.05) is 19.1 Å². The molecule has 2 heterocycles. The second-order valence-corrected chi connectivity index (χ2v) is 5.36. The van der Waals surface area contributed by atoms with E-state index in [4.69, 9.17) is 9.15 Å². The summed E-state index contributed by atoms with van der Waals surface area (Å²) in [6, 6.07) is 3.27. The molecule has 0 spiro atoms. The monoisotopic (exact) mass is 296 g/mol. The van der Waals surface area contributed by atoms with Gasteiger partial charge in [0, 0.05) is 26.6 Å². The molecule has 1 aliphatic rings. The molecule has 118 valence electrons. The first-order valence-corrected chi connectivity index (χ1v) is 7.45. The van der Waals surface area contributed by atoms with Crippen LogP contribution in [0.25, 0.3) is 0 Å². The normalized spacial score (nSPS) is 20.3. The molecule has 1 aliphatic heterocycles. The van der Waals surface area contributed by atoms with Crippen molar-refractivity contribution in [2.75, 3.05) is 26.8 Å². The number of furan rings is 1. The van der Waals surface area contributed by atoms with Crippen LogP contribution < -0.4 is 5.32 Å². The van der Waals surface area contributed by atoms with Crippen LogP contribution in [-0.4, -0.2) is 48.9 Å². The zero-order valence-electron chi connectivity index (χ0n) is 12.7. The molecule has 1 saturated heterocycles. The molecule has 0 radical (unpaired) electrons. The lowest BCUT2D eigenvalue weighted by atomic mass is 10.1. The molecule has 0 saturated carbocycles. The minimum atomic E-state index is -0.430. The van der Waals surface area contributed by atoms with Crippen LogP contribution in [0.2, 0.25) is 0 Å². The van der Waals surface area contributed by atoms with Crippen LogP contribution in [0.15, 0.2) is 16.5 Å². The number of carbonyl (C=O) groups excluding carboxylic acids is 1. The summed E-state index contributed by atoms with van der Waals surface area (Å²) in [5.74, 6) is 1.58. The van der Waals surface area contributed by atoms with E-state index in [1.54, 1.807) is 12.0 Å². The van der Waals surface area contributed by atoms with Crippen molar-refractivity contribution in [1.82, 2.24) is 10.2 Å². The fourth-order valence-corrected chi connectivity index (χ4v) is 2.51. The highest BCUT2D eigenvalue weighted by atomic mass is 16.5. The van der Waals surface area contributed by atoms with Crippen LogP contribution in [0.3, 0.4) is 0 Å². The highest BCUT2D eigenvalue weighted by Crippen LogP contribution is 2.19. The third-order valence-electron chi connectivity index (χ3n) is 3.69. The molecular formula is C15H24N2O4. The van der Waals surface area contributed by atoms with Gasteiger partial charge in [0.2, 0.25) is 0 Å². The minimum absolute atomic E-state index is 0.190. The van der Waals surface area contributed by atoms with E-state index < -0.39 is 6.10 Å². The number of urea groups is 1. The van der Waals surface area contributed by atoms with Gasteiger partial charge in [-0.05, 0) is 25.0 Å². The Hall–Kier alpha value is -1.53. The summed E-state index contributed by atoms with van der Waals surface area (Å²) in [5.41, 5.74) is 0. The number of hydrogen-bond acceptors (Lipinski definition) is 4. The largest absolute Gasteiger partial charge is 0.464 e. The Kier molecular flexibility index (Phi) is 5.64. The quantitative estimate of drug-likeness (QED) is 0.867. The molecule has 1 fully saturated rings. The fourth-order valence-electron chi connectivity index (χ4n) is 2.51. The van der Waals surface area contributed by atoms with Gasteiger partial charge in [-0.1, -0.05) is 6.92 Å². The number of methoxy groups -OCH3 is 1. The third kappa shape index (κ3) is 4.22. The number of nitrogens with one attached hydrogen (secondary N) is 1. The van der Waals surface area contributed by atoms with Crippen LogP contribution in [0.4, 0.5) is 4.79 Å². The van der Waals surface area contributed by atoms with E-state index in [1.165, 1.54) is 0 Å². The van der Waals surface area contributed by atoms with Crippen molar-refractivity contribution in [2.24, 2.45) is 0 Å². The van der Waals surface area contributed by atoms with E-state index >= 15 is 0 Å². The maximum absolute atomic E-state index is 12.3. The fraction of sp³-hybridized carbons (Fsp3) is 0.667.